The van der Waals surface area contributed by atoms with Crippen LogP contribution >= 0.6 is 0 Å². The fraction of sp³-hybridized carbons (Fsp3) is 0.652. The fourth-order valence-electron chi connectivity index (χ4n) is 4.48. The predicted molar refractivity (Wildman–Crippen MR) is 123 cm³/mol. The lowest BCUT2D eigenvalue weighted by Gasteiger charge is -2.18. The van der Waals surface area contributed by atoms with Gasteiger partial charge in [-0.25, -0.2) is 4.98 Å². The van der Waals surface area contributed by atoms with Crippen LogP contribution in [0.1, 0.15) is 77.2 Å². The van der Waals surface area contributed by atoms with Gasteiger partial charge in [0.25, 0.3) is 5.56 Å². The highest BCUT2D eigenvalue weighted by atomic mass is 16.5. The molecule has 0 unspecified atom stereocenters. The van der Waals surface area contributed by atoms with Crippen molar-refractivity contribution >= 4 is 23.1 Å². The number of nitrogens with two attached hydrogens (primary N) is 1. The van der Waals surface area contributed by atoms with E-state index < -0.39 is 11.7 Å². The van der Waals surface area contributed by atoms with Gasteiger partial charge in [-0.3, -0.25) is 14.6 Å². The largest absolute Gasteiger partial charge is 0.462 e. The van der Waals surface area contributed by atoms with Gasteiger partial charge in [0.15, 0.2) is 11.2 Å². The Morgan fingerprint density at radius 1 is 1.28 bits per heavy atom. The first kappa shape index (κ1) is 24.0. The summed E-state index contributed by atoms with van der Waals surface area (Å²) in [6.45, 7) is 6.16. The van der Waals surface area contributed by atoms with Crippen LogP contribution in [0.3, 0.4) is 0 Å². The maximum atomic E-state index is 12.4. The second kappa shape index (κ2) is 11.3. The molecule has 1 saturated carbocycles. The molecule has 9 nitrogen and oxygen atoms in total. The van der Waals surface area contributed by atoms with Crippen LogP contribution in [0, 0.1) is 5.92 Å². The van der Waals surface area contributed by atoms with Crippen molar-refractivity contribution in [3.63, 3.8) is 0 Å². The molecule has 0 amide bonds. The number of anilines is 1. The molecule has 0 bridgehead atoms. The molecule has 0 aromatic carbocycles. The fourth-order valence-corrected chi connectivity index (χ4v) is 4.48. The molecule has 0 aliphatic heterocycles. The number of carbonyl (C=O) groups is 1. The van der Waals surface area contributed by atoms with E-state index in [-0.39, 0.29) is 36.0 Å². The summed E-state index contributed by atoms with van der Waals surface area (Å²) >= 11 is 0. The van der Waals surface area contributed by atoms with E-state index in [0.717, 1.165) is 24.8 Å². The van der Waals surface area contributed by atoms with Gasteiger partial charge < -0.3 is 20.1 Å². The lowest BCUT2D eigenvalue weighted by molar-refractivity contribution is -0.151. The van der Waals surface area contributed by atoms with E-state index in [9.17, 15) is 14.7 Å². The number of aromatic nitrogens is 4. The van der Waals surface area contributed by atoms with Gasteiger partial charge in [-0.15, -0.1) is 0 Å². The number of imidazole rings is 1. The number of nitrogens with one attached hydrogen (secondary N) is 1. The number of rotatable bonds is 12. The number of aliphatic hydroxyl groups excluding tert-OH is 1. The average Bonchev–Trinajstić information content (AvgIpc) is 3.30. The van der Waals surface area contributed by atoms with E-state index in [1.165, 1.54) is 38.4 Å². The van der Waals surface area contributed by atoms with Crippen molar-refractivity contribution < 1.29 is 14.6 Å². The van der Waals surface area contributed by atoms with E-state index in [0.29, 0.717) is 18.5 Å². The highest BCUT2D eigenvalue weighted by Crippen LogP contribution is 2.41. The van der Waals surface area contributed by atoms with Crippen molar-refractivity contribution in [3.05, 3.63) is 28.8 Å². The van der Waals surface area contributed by atoms with Crippen molar-refractivity contribution in [1.82, 2.24) is 19.5 Å². The van der Waals surface area contributed by atoms with Crippen LogP contribution in [0.15, 0.2) is 23.3 Å². The normalized spacial score (nSPS) is 20.8. The number of fused-ring (bicyclic) bond motifs is 1. The number of nitrogen functional groups attached to an aromatic ring is 1. The van der Waals surface area contributed by atoms with E-state index in [1.807, 2.05) is 0 Å². The Hall–Kier alpha value is -2.68. The van der Waals surface area contributed by atoms with Crippen LogP contribution in [0.25, 0.3) is 11.2 Å². The van der Waals surface area contributed by atoms with Gasteiger partial charge in [-0.2, -0.15) is 4.98 Å². The third-order valence-electron chi connectivity index (χ3n) is 6.31. The summed E-state index contributed by atoms with van der Waals surface area (Å²) in [5.41, 5.74) is 6.53. The zero-order valence-corrected chi connectivity index (χ0v) is 18.9. The van der Waals surface area contributed by atoms with Crippen molar-refractivity contribution in [2.24, 2.45) is 5.92 Å². The van der Waals surface area contributed by atoms with Gasteiger partial charge in [0.1, 0.15) is 6.10 Å². The van der Waals surface area contributed by atoms with Crippen molar-refractivity contribution in [2.75, 3.05) is 12.3 Å². The molecular formula is C23H35N5O4. The summed E-state index contributed by atoms with van der Waals surface area (Å²) in [7, 11) is 0. The molecule has 2 aromatic rings. The predicted octanol–water partition coefficient (Wildman–Crippen LogP) is 3.25. The molecule has 1 fully saturated rings. The molecule has 1 aliphatic carbocycles. The number of hydrogen-bond acceptors (Lipinski definition) is 7. The molecule has 3 rings (SSSR count). The van der Waals surface area contributed by atoms with Crippen LogP contribution < -0.4 is 11.3 Å². The number of ether oxygens (including phenoxy) is 1. The zero-order chi connectivity index (χ0) is 23.1. The Bertz CT molecular complexity index is 982. The van der Waals surface area contributed by atoms with Gasteiger partial charge in [-0.05, 0) is 12.0 Å². The molecule has 0 radical (unpaired) electrons. The third-order valence-corrected chi connectivity index (χ3v) is 6.31. The van der Waals surface area contributed by atoms with Crippen LogP contribution in [-0.2, 0) is 9.53 Å². The minimum absolute atomic E-state index is 0.0000845. The second-order valence-electron chi connectivity index (χ2n) is 8.64. The topological polar surface area (TPSA) is 136 Å². The van der Waals surface area contributed by atoms with E-state index in [2.05, 4.69) is 28.5 Å². The average molecular weight is 446 g/mol. The minimum atomic E-state index is -0.476. The summed E-state index contributed by atoms with van der Waals surface area (Å²) in [5.74, 6) is -0.624. The van der Waals surface area contributed by atoms with E-state index in [1.54, 1.807) is 4.57 Å². The first-order chi connectivity index (χ1) is 15.5. The maximum absolute atomic E-state index is 12.4. The Balaban J connectivity index is 1.56. The second-order valence-corrected chi connectivity index (χ2v) is 8.64. The molecule has 4 N–H and O–H groups in total. The third kappa shape index (κ3) is 5.56. The number of aliphatic hydroxyl groups is 1. The van der Waals surface area contributed by atoms with Gasteiger partial charge in [-0.1, -0.05) is 58.4 Å². The highest BCUT2D eigenvalue weighted by Gasteiger charge is 2.41. The summed E-state index contributed by atoms with van der Waals surface area (Å²) in [5, 5.41) is 9.90. The smallest absolute Gasteiger partial charge is 0.306 e. The van der Waals surface area contributed by atoms with Gasteiger partial charge in [0.2, 0.25) is 5.95 Å². The maximum Gasteiger partial charge on any atom is 0.306 e. The Morgan fingerprint density at radius 2 is 1.97 bits per heavy atom. The van der Waals surface area contributed by atoms with Crippen molar-refractivity contribution in [1.29, 1.82) is 0 Å². The first-order valence-electron chi connectivity index (χ1n) is 11.7. The summed E-state index contributed by atoms with van der Waals surface area (Å²) in [6.07, 6.45) is 11.1. The summed E-state index contributed by atoms with van der Waals surface area (Å²) in [4.78, 5) is 35.3. The summed E-state index contributed by atoms with van der Waals surface area (Å²) < 4.78 is 7.45. The molecule has 2 heterocycles. The SMILES string of the molecule is C=C1[C@H](CO)[C@@H](OC(=O)CCCCCCCCCC)C[C@@H]1n1cnc2c(=O)[nH]c(N)nc21. The molecule has 0 spiro atoms. The standard InChI is InChI=1S/C23H35N5O4/c1-3-4-5-6-7-8-9-10-11-19(30)32-18-12-17(15(2)16(18)13-29)28-14-25-20-21(28)26-23(24)27-22(20)31/h14,16-18,29H,2-13H2,1H3,(H3,24,26,27,31)/t16-,17-,18-/m0/s1. The minimum Gasteiger partial charge on any atom is -0.462 e. The van der Waals surface area contributed by atoms with Crippen LogP contribution in [0.2, 0.25) is 0 Å². The van der Waals surface area contributed by atoms with E-state index in [4.69, 9.17) is 10.5 Å². The molecule has 176 valence electrons. The quantitative estimate of drug-likeness (QED) is 0.259. The van der Waals surface area contributed by atoms with Gasteiger partial charge >= 0.3 is 5.97 Å². The molecule has 9 heteroatoms. The van der Waals surface area contributed by atoms with Crippen LogP contribution in [0.5, 0.6) is 0 Å². The number of carbonyl (C=O) groups excluding carboxylic acids is 1. The van der Waals surface area contributed by atoms with Crippen molar-refractivity contribution in [2.45, 2.75) is 83.3 Å². The van der Waals surface area contributed by atoms with Crippen molar-refractivity contribution in [3.8, 4) is 0 Å². The van der Waals surface area contributed by atoms with Gasteiger partial charge in [0, 0.05) is 18.8 Å². The monoisotopic (exact) mass is 445 g/mol. The van der Waals surface area contributed by atoms with Gasteiger partial charge in [0.05, 0.1) is 19.0 Å². The molecule has 0 saturated heterocycles. The first-order valence-corrected chi connectivity index (χ1v) is 11.7. The lowest BCUT2D eigenvalue weighted by Crippen LogP contribution is -2.25. The number of aromatic amines is 1. The number of esters is 1. The number of unbranched alkanes of at least 4 members (excludes halogenated alkanes) is 7. The number of nitrogens with zero attached hydrogens (tertiary/aromatic N) is 3. The summed E-state index contributed by atoms with van der Waals surface area (Å²) in [6, 6.07) is -0.299. The molecule has 1 aliphatic rings. The Kier molecular flexibility index (Phi) is 8.44. The Labute approximate surface area is 188 Å². The Morgan fingerprint density at radius 3 is 2.66 bits per heavy atom. The number of H-pyrrole nitrogens is 1. The molecule has 2 aromatic heterocycles. The van der Waals surface area contributed by atoms with E-state index >= 15 is 0 Å². The van der Waals surface area contributed by atoms with Crippen LogP contribution in [-0.4, -0.2) is 43.3 Å². The molecule has 32 heavy (non-hydrogen) atoms. The molecule has 3 atom stereocenters. The molecular weight excluding hydrogens is 410 g/mol. The number of hydrogen-bond donors (Lipinski definition) is 3. The lowest BCUT2D eigenvalue weighted by atomic mass is 10.0. The zero-order valence-electron chi connectivity index (χ0n) is 18.9. The highest BCUT2D eigenvalue weighted by molar-refractivity contribution is 5.71. The van der Waals surface area contributed by atoms with Crippen LogP contribution in [0.4, 0.5) is 5.95 Å².